The highest BCUT2D eigenvalue weighted by Crippen LogP contribution is 2.25. The molecule has 1 unspecified atom stereocenters. The molecule has 1 heterocycles. The zero-order valence-electron chi connectivity index (χ0n) is 14.6. The Morgan fingerprint density at radius 3 is 2.52 bits per heavy atom. The van der Waals surface area contributed by atoms with Crippen molar-refractivity contribution in [2.45, 2.75) is 32.6 Å². The van der Waals surface area contributed by atoms with E-state index in [1.165, 1.54) is 0 Å². The number of primary amides is 1. The highest BCUT2D eigenvalue weighted by atomic mass is 35.5. The smallest absolute Gasteiger partial charge is 0.224 e. The minimum Gasteiger partial charge on any atom is -0.493 e. The number of anilines is 1. The molecular weight excluding hydrogens is 342 g/mol. The highest BCUT2D eigenvalue weighted by Gasteiger charge is 2.21. The van der Waals surface area contributed by atoms with Crippen LogP contribution in [0.25, 0.3) is 0 Å². The van der Waals surface area contributed by atoms with Crippen LogP contribution < -0.4 is 21.1 Å². The van der Waals surface area contributed by atoms with Crippen molar-refractivity contribution in [3.8, 4) is 5.75 Å². The van der Waals surface area contributed by atoms with Crippen LogP contribution in [0.4, 0.5) is 5.69 Å². The molecule has 7 heteroatoms. The molecule has 1 aliphatic rings. The first-order valence-electron chi connectivity index (χ1n) is 8.56. The van der Waals surface area contributed by atoms with Gasteiger partial charge in [0.05, 0.1) is 13.0 Å². The average Bonchev–Trinajstić information content (AvgIpc) is 2.57. The number of halogens is 1. The highest BCUT2D eigenvalue weighted by molar-refractivity contribution is 5.90. The summed E-state index contributed by atoms with van der Waals surface area (Å²) in [6.07, 6.45) is 3.02. The molecule has 1 fully saturated rings. The SMILES string of the molecule is CC(CC(=O)Nc1ccc(OCCC(N)=O)cc1)C1CCNCC1.Cl. The van der Waals surface area contributed by atoms with Crippen molar-refractivity contribution < 1.29 is 14.3 Å². The van der Waals surface area contributed by atoms with Gasteiger partial charge in [0.1, 0.15) is 5.75 Å². The fraction of sp³-hybridized carbons (Fsp3) is 0.556. The number of piperidine rings is 1. The number of ether oxygens (including phenoxy) is 1. The van der Waals surface area contributed by atoms with Crippen LogP contribution in [-0.4, -0.2) is 31.5 Å². The molecule has 6 nitrogen and oxygen atoms in total. The molecule has 4 N–H and O–H groups in total. The van der Waals surface area contributed by atoms with E-state index in [9.17, 15) is 9.59 Å². The van der Waals surface area contributed by atoms with Crippen LogP contribution in [0.15, 0.2) is 24.3 Å². The average molecular weight is 370 g/mol. The molecule has 0 saturated carbocycles. The van der Waals surface area contributed by atoms with Crippen LogP contribution in [0, 0.1) is 11.8 Å². The molecule has 0 radical (unpaired) electrons. The zero-order valence-corrected chi connectivity index (χ0v) is 15.4. The number of rotatable bonds is 8. The first-order chi connectivity index (χ1) is 11.5. The molecule has 25 heavy (non-hydrogen) atoms. The Morgan fingerprint density at radius 1 is 1.28 bits per heavy atom. The molecule has 0 spiro atoms. The van der Waals surface area contributed by atoms with Gasteiger partial charge in [0.25, 0.3) is 0 Å². The van der Waals surface area contributed by atoms with E-state index >= 15 is 0 Å². The lowest BCUT2D eigenvalue weighted by Gasteiger charge is -2.27. The summed E-state index contributed by atoms with van der Waals surface area (Å²) in [7, 11) is 0. The van der Waals surface area contributed by atoms with E-state index < -0.39 is 0 Å². The number of benzene rings is 1. The Morgan fingerprint density at radius 2 is 1.92 bits per heavy atom. The van der Waals surface area contributed by atoms with Gasteiger partial charge in [-0.2, -0.15) is 0 Å². The summed E-state index contributed by atoms with van der Waals surface area (Å²) < 4.78 is 5.40. The monoisotopic (exact) mass is 369 g/mol. The van der Waals surface area contributed by atoms with Crippen molar-refractivity contribution in [1.82, 2.24) is 5.32 Å². The zero-order chi connectivity index (χ0) is 17.4. The molecule has 1 aromatic carbocycles. The van der Waals surface area contributed by atoms with Gasteiger partial charge in [0.2, 0.25) is 11.8 Å². The Hall–Kier alpha value is -1.79. The molecule has 1 aromatic rings. The van der Waals surface area contributed by atoms with E-state index in [4.69, 9.17) is 10.5 Å². The van der Waals surface area contributed by atoms with Crippen LogP contribution in [-0.2, 0) is 9.59 Å². The van der Waals surface area contributed by atoms with Crippen LogP contribution in [0.1, 0.15) is 32.6 Å². The van der Waals surface area contributed by atoms with Crippen molar-refractivity contribution in [2.24, 2.45) is 17.6 Å². The maximum Gasteiger partial charge on any atom is 0.224 e. The third-order valence-electron chi connectivity index (χ3n) is 4.45. The van der Waals surface area contributed by atoms with Gasteiger partial charge in [-0.3, -0.25) is 9.59 Å². The number of nitrogens with two attached hydrogens (primary N) is 1. The minimum absolute atomic E-state index is 0. The maximum atomic E-state index is 12.2. The van der Waals surface area contributed by atoms with Crippen molar-refractivity contribution in [1.29, 1.82) is 0 Å². The second-order valence-corrected chi connectivity index (χ2v) is 6.41. The van der Waals surface area contributed by atoms with Gasteiger partial charge in [-0.25, -0.2) is 0 Å². The second-order valence-electron chi connectivity index (χ2n) is 6.41. The summed E-state index contributed by atoms with van der Waals surface area (Å²) in [5.74, 6) is 1.32. The second kappa shape index (κ2) is 10.9. The predicted octanol–water partition coefficient (Wildman–Crippen LogP) is 2.33. The van der Waals surface area contributed by atoms with Gasteiger partial charge in [-0.1, -0.05) is 6.92 Å². The molecule has 1 aliphatic heterocycles. The Balaban J connectivity index is 0.00000312. The fourth-order valence-corrected chi connectivity index (χ4v) is 2.99. The maximum absolute atomic E-state index is 12.2. The van der Waals surface area contributed by atoms with Gasteiger partial charge < -0.3 is 21.1 Å². The molecule has 140 valence electrons. The molecule has 1 saturated heterocycles. The Labute approximate surface area is 155 Å². The molecule has 2 rings (SSSR count). The molecule has 1 atom stereocenters. The van der Waals surface area contributed by atoms with Gasteiger partial charge in [0, 0.05) is 12.1 Å². The summed E-state index contributed by atoms with van der Waals surface area (Å²) in [6, 6.07) is 7.14. The Kier molecular flexibility index (Phi) is 9.31. The normalized spacial score (nSPS) is 15.7. The number of carbonyl (C=O) groups is 2. The predicted molar refractivity (Wildman–Crippen MR) is 101 cm³/mol. The summed E-state index contributed by atoms with van der Waals surface area (Å²) in [6.45, 7) is 4.52. The van der Waals surface area contributed by atoms with Crippen molar-refractivity contribution in [3.05, 3.63) is 24.3 Å². The number of hydrogen-bond donors (Lipinski definition) is 3. The van der Waals surface area contributed by atoms with E-state index in [0.29, 0.717) is 24.0 Å². The van der Waals surface area contributed by atoms with E-state index in [-0.39, 0.29) is 37.2 Å². The minimum atomic E-state index is -0.387. The lowest BCUT2D eigenvalue weighted by Crippen LogP contribution is -2.32. The summed E-state index contributed by atoms with van der Waals surface area (Å²) in [5, 5.41) is 6.28. The number of nitrogens with one attached hydrogen (secondary N) is 2. The van der Waals surface area contributed by atoms with E-state index in [1.54, 1.807) is 24.3 Å². The number of amides is 2. The van der Waals surface area contributed by atoms with Gasteiger partial charge in [-0.05, 0) is 62.0 Å². The van der Waals surface area contributed by atoms with E-state index in [2.05, 4.69) is 17.6 Å². The molecular formula is C18H28ClN3O3. The summed E-state index contributed by atoms with van der Waals surface area (Å²) in [4.78, 5) is 22.8. The van der Waals surface area contributed by atoms with Crippen LogP contribution in [0.2, 0.25) is 0 Å². The quantitative estimate of drug-likeness (QED) is 0.655. The van der Waals surface area contributed by atoms with Crippen LogP contribution in [0.5, 0.6) is 5.75 Å². The van der Waals surface area contributed by atoms with Crippen molar-refractivity contribution in [2.75, 3.05) is 25.0 Å². The third-order valence-corrected chi connectivity index (χ3v) is 4.45. The number of hydrogen-bond acceptors (Lipinski definition) is 4. The molecule has 0 bridgehead atoms. The van der Waals surface area contributed by atoms with E-state index in [0.717, 1.165) is 31.6 Å². The first kappa shape index (κ1) is 21.3. The largest absolute Gasteiger partial charge is 0.493 e. The van der Waals surface area contributed by atoms with Crippen molar-refractivity contribution in [3.63, 3.8) is 0 Å². The molecule has 0 aliphatic carbocycles. The van der Waals surface area contributed by atoms with Crippen LogP contribution >= 0.6 is 12.4 Å². The van der Waals surface area contributed by atoms with Gasteiger partial charge in [-0.15, -0.1) is 12.4 Å². The topological polar surface area (TPSA) is 93.4 Å². The summed E-state index contributed by atoms with van der Waals surface area (Å²) >= 11 is 0. The molecule has 0 aromatic heterocycles. The lowest BCUT2D eigenvalue weighted by atomic mass is 9.84. The standard InChI is InChI=1S/C18H27N3O3.ClH/c1-13(14-6-9-20-10-7-14)12-18(23)21-15-2-4-16(5-3-15)24-11-8-17(19)22;/h2-5,13-14,20H,6-12H2,1H3,(H2,19,22)(H,21,23);1H. The van der Waals surface area contributed by atoms with Gasteiger partial charge in [0.15, 0.2) is 0 Å². The third kappa shape index (κ3) is 7.75. The van der Waals surface area contributed by atoms with Crippen LogP contribution in [0.3, 0.4) is 0 Å². The summed E-state index contributed by atoms with van der Waals surface area (Å²) in [5.41, 5.74) is 5.81. The van der Waals surface area contributed by atoms with Crippen molar-refractivity contribution >= 4 is 29.9 Å². The molecule has 2 amide bonds. The first-order valence-corrected chi connectivity index (χ1v) is 8.56. The fourth-order valence-electron chi connectivity index (χ4n) is 2.99. The number of carbonyl (C=O) groups excluding carboxylic acids is 2. The van der Waals surface area contributed by atoms with E-state index in [1.807, 2.05) is 0 Å². The Bertz CT molecular complexity index is 545. The van der Waals surface area contributed by atoms with Gasteiger partial charge >= 0.3 is 0 Å². The lowest BCUT2D eigenvalue weighted by molar-refractivity contribution is -0.119.